The molecule has 0 saturated carbocycles. The van der Waals surface area contributed by atoms with Crippen molar-refractivity contribution >= 4 is 22.7 Å². The number of nitrogens with one attached hydrogen (secondary N) is 1. The molecule has 0 bridgehead atoms. The van der Waals surface area contributed by atoms with E-state index in [-0.39, 0.29) is 5.56 Å². The Morgan fingerprint density at radius 2 is 2.08 bits per heavy atom. The number of thioether (sulfide) groups is 1. The number of hydrogen-bond donors (Lipinski definition) is 1. The molecule has 4 rings (SSSR count). The highest BCUT2D eigenvalue weighted by Gasteiger charge is 2.14. The first-order chi connectivity index (χ1) is 12.1. The minimum Gasteiger partial charge on any atom is -0.469 e. The van der Waals surface area contributed by atoms with Crippen LogP contribution in [0.1, 0.15) is 17.1 Å². The van der Waals surface area contributed by atoms with Gasteiger partial charge in [-0.05, 0) is 31.5 Å². The first kappa shape index (κ1) is 15.6. The number of nitrogens with zero attached hydrogens (tertiary/aromatic N) is 3. The zero-order valence-electron chi connectivity index (χ0n) is 13.6. The molecule has 0 fully saturated rings. The molecule has 126 valence electrons. The number of benzene rings is 1. The van der Waals surface area contributed by atoms with Gasteiger partial charge >= 0.3 is 0 Å². The number of rotatable bonds is 4. The van der Waals surface area contributed by atoms with E-state index in [1.807, 2.05) is 26.0 Å². The van der Waals surface area contributed by atoms with Crippen molar-refractivity contribution in [2.45, 2.75) is 24.8 Å². The Kier molecular flexibility index (Phi) is 3.89. The normalized spacial score (nSPS) is 11.3. The van der Waals surface area contributed by atoms with E-state index in [0.717, 1.165) is 16.9 Å². The summed E-state index contributed by atoms with van der Waals surface area (Å²) >= 11 is 1.32. The highest BCUT2D eigenvalue weighted by Crippen LogP contribution is 2.27. The largest absolute Gasteiger partial charge is 0.469 e. The second-order valence-electron chi connectivity index (χ2n) is 5.54. The minimum absolute atomic E-state index is 0.149. The lowest BCUT2D eigenvalue weighted by molar-refractivity contribution is 0.463. The lowest BCUT2D eigenvalue weighted by Gasteiger charge is -2.03. The Balaban J connectivity index is 1.57. The van der Waals surface area contributed by atoms with Crippen molar-refractivity contribution in [3.05, 3.63) is 58.0 Å². The summed E-state index contributed by atoms with van der Waals surface area (Å²) in [6.45, 7) is 3.77. The lowest BCUT2D eigenvalue weighted by atomic mass is 10.1. The number of para-hydroxylation sites is 1. The van der Waals surface area contributed by atoms with Crippen LogP contribution in [-0.2, 0) is 5.75 Å². The van der Waals surface area contributed by atoms with Gasteiger partial charge in [-0.3, -0.25) is 4.79 Å². The molecule has 0 aliphatic rings. The monoisotopic (exact) mass is 354 g/mol. The maximum atomic E-state index is 12.2. The molecule has 0 unspecified atom stereocenters. The van der Waals surface area contributed by atoms with Gasteiger partial charge in [0.1, 0.15) is 11.6 Å². The molecule has 3 heterocycles. The molecule has 0 atom stereocenters. The molecule has 1 aromatic carbocycles. The molecule has 0 aliphatic carbocycles. The van der Waals surface area contributed by atoms with Crippen LogP contribution in [0.25, 0.3) is 22.4 Å². The molecule has 0 aliphatic heterocycles. The molecule has 4 aromatic rings. The Hall–Kier alpha value is -2.87. The molecular weight excluding hydrogens is 340 g/mol. The zero-order chi connectivity index (χ0) is 17.4. The Morgan fingerprint density at radius 3 is 2.88 bits per heavy atom. The smallest absolute Gasteiger partial charge is 0.277 e. The fraction of sp³-hybridized carbons (Fsp3) is 0.176. The number of furan rings is 1. The molecule has 8 heteroatoms. The van der Waals surface area contributed by atoms with Crippen molar-refractivity contribution in [3.63, 3.8) is 0 Å². The third-order valence-corrected chi connectivity index (χ3v) is 4.64. The van der Waals surface area contributed by atoms with E-state index in [1.54, 1.807) is 18.4 Å². The van der Waals surface area contributed by atoms with Gasteiger partial charge in [0.25, 0.3) is 16.7 Å². The van der Waals surface area contributed by atoms with Gasteiger partial charge in [0.15, 0.2) is 0 Å². The number of aromatic nitrogens is 4. The molecule has 25 heavy (non-hydrogen) atoms. The summed E-state index contributed by atoms with van der Waals surface area (Å²) in [4.78, 5) is 19.5. The van der Waals surface area contributed by atoms with Crippen molar-refractivity contribution in [1.82, 2.24) is 20.2 Å². The molecule has 0 amide bonds. The SMILES string of the molecule is Cc1occc1-c1nnc(SCc2nc3c(C)cccc3c(=O)[nH]2)o1. The van der Waals surface area contributed by atoms with Crippen molar-refractivity contribution in [3.8, 4) is 11.5 Å². The van der Waals surface area contributed by atoms with Crippen molar-refractivity contribution < 1.29 is 8.83 Å². The molecule has 7 nitrogen and oxygen atoms in total. The van der Waals surface area contributed by atoms with E-state index >= 15 is 0 Å². The van der Waals surface area contributed by atoms with Crippen molar-refractivity contribution in [2.75, 3.05) is 0 Å². The fourth-order valence-corrected chi connectivity index (χ4v) is 3.17. The number of fused-ring (bicyclic) bond motifs is 1. The second kappa shape index (κ2) is 6.21. The first-order valence-corrected chi connectivity index (χ1v) is 8.59. The third-order valence-electron chi connectivity index (χ3n) is 3.82. The van der Waals surface area contributed by atoms with Crippen LogP contribution in [0.5, 0.6) is 0 Å². The standard InChI is InChI=1S/C17H14N4O3S/c1-9-4-3-5-12-14(9)18-13(19-15(12)22)8-25-17-21-20-16(24-17)11-6-7-23-10(11)2/h3-7H,8H2,1-2H3,(H,18,19,22). The van der Waals surface area contributed by atoms with Crippen LogP contribution in [0.15, 0.2) is 49.4 Å². The number of H-pyrrole nitrogens is 1. The highest BCUT2D eigenvalue weighted by atomic mass is 32.2. The van der Waals surface area contributed by atoms with Gasteiger partial charge in [-0.15, -0.1) is 10.2 Å². The van der Waals surface area contributed by atoms with Gasteiger partial charge in [0, 0.05) is 0 Å². The molecule has 0 saturated heterocycles. The third kappa shape index (κ3) is 2.96. The Morgan fingerprint density at radius 1 is 1.20 bits per heavy atom. The molecule has 3 aromatic heterocycles. The Labute approximate surface area is 146 Å². The fourth-order valence-electron chi connectivity index (χ4n) is 2.53. The first-order valence-electron chi connectivity index (χ1n) is 7.61. The van der Waals surface area contributed by atoms with Crippen LogP contribution < -0.4 is 5.56 Å². The lowest BCUT2D eigenvalue weighted by Crippen LogP contribution is -2.11. The van der Waals surface area contributed by atoms with Crippen LogP contribution in [0.4, 0.5) is 0 Å². The van der Waals surface area contributed by atoms with Gasteiger partial charge in [0.2, 0.25) is 0 Å². The van der Waals surface area contributed by atoms with E-state index in [9.17, 15) is 4.79 Å². The van der Waals surface area contributed by atoms with Gasteiger partial charge in [-0.2, -0.15) is 0 Å². The predicted molar refractivity (Wildman–Crippen MR) is 93.4 cm³/mol. The summed E-state index contributed by atoms with van der Waals surface area (Å²) < 4.78 is 10.9. The summed E-state index contributed by atoms with van der Waals surface area (Å²) in [5, 5.41) is 9.03. The molecule has 0 radical (unpaired) electrons. The van der Waals surface area contributed by atoms with Crippen LogP contribution in [0, 0.1) is 13.8 Å². The quantitative estimate of drug-likeness (QED) is 0.560. The maximum Gasteiger partial charge on any atom is 0.277 e. The predicted octanol–water partition coefficient (Wildman–Crippen LogP) is 3.48. The average molecular weight is 354 g/mol. The number of aryl methyl sites for hydroxylation is 2. The van der Waals surface area contributed by atoms with Crippen LogP contribution in [0.3, 0.4) is 0 Å². The topological polar surface area (TPSA) is 97.8 Å². The van der Waals surface area contributed by atoms with E-state index in [4.69, 9.17) is 8.83 Å². The molecular formula is C17H14N4O3S. The average Bonchev–Trinajstić information content (AvgIpc) is 3.22. The second-order valence-corrected chi connectivity index (χ2v) is 6.46. The summed E-state index contributed by atoms with van der Waals surface area (Å²) in [6, 6.07) is 7.33. The van der Waals surface area contributed by atoms with Gasteiger partial charge in [-0.1, -0.05) is 23.9 Å². The van der Waals surface area contributed by atoms with E-state index in [2.05, 4.69) is 20.2 Å². The van der Waals surface area contributed by atoms with Crippen molar-refractivity contribution in [2.24, 2.45) is 0 Å². The summed E-state index contributed by atoms with van der Waals surface area (Å²) in [6.07, 6.45) is 1.58. The van der Waals surface area contributed by atoms with Gasteiger partial charge in [0.05, 0.1) is 28.5 Å². The Bertz CT molecular complexity index is 1110. The summed E-state index contributed by atoms with van der Waals surface area (Å²) in [5.74, 6) is 2.11. The highest BCUT2D eigenvalue weighted by molar-refractivity contribution is 7.98. The number of hydrogen-bond acceptors (Lipinski definition) is 7. The molecule has 0 spiro atoms. The molecule has 1 N–H and O–H groups in total. The summed E-state index contributed by atoms with van der Waals surface area (Å²) in [7, 11) is 0. The van der Waals surface area contributed by atoms with Gasteiger partial charge < -0.3 is 13.8 Å². The van der Waals surface area contributed by atoms with Crippen LogP contribution in [0.2, 0.25) is 0 Å². The maximum absolute atomic E-state index is 12.2. The van der Waals surface area contributed by atoms with Crippen LogP contribution >= 0.6 is 11.8 Å². The van der Waals surface area contributed by atoms with E-state index in [0.29, 0.717) is 33.6 Å². The summed E-state index contributed by atoms with van der Waals surface area (Å²) in [5.41, 5.74) is 2.30. The number of aromatic amines is 1. The van der Waals surface area contributed by atoms with Gasteiger partial charge in [-0.25, -0.2) is 4.98 Å². The minimum atomic E-state index is -0.149. The van der Waals surface area contributed by atoms with E-state index in [1.165, 1.54) is 11.8 Å². The van der Waals surface area contributed by atoms with Crippen molar-refractivity contribution in [1.29, 1.82) is 0 Å². The zero-order valence-corrected chi connectivity index (χ0v) is 14.4. The van der Waals surface area contributed by atoms with Crippen LogP contribution in [-0.4, -0.2) is 20.2 Å². The van der Waals surface area contributed by atoms with E-state index < -0.39 is 0 Å².